The van der Waals surface area contributed by atoms with Crippen molar-refractivity contribution in [1.82, 2.24) is 10.3 Å². The number of esters is 1. The minimum Gasteiger partial charge on any atom is -0.448 e. The van der Waals surface area contributed by atoms with Crippen molar-refractivity contribution in [3.8, 4) is 10.6 Å². The van der Waals surface area contributed by atoms with E-state index in [0.717, 1.165) is 36.3 Å². The Labute approximate surface area is 164 Å². The van der Waals surface area contributed by atoms with Crippen LogP contribution in [0.3, 0.4) is 0 Å². The summed E-state index contributed by atoms with van der Waals surface area (Å²) in [5.74, 6) is -0.712. The Kier molecular flexibility index (Phi) is 6.61. The van der Waals surface area contributed by atoms with Gasteiger partial charge in [-0.15, -0.1) is 11.3 Å². The Morgan fingerprint density at radius 2 is 1.81 bits per heavy atom. The van der Waals surface area contributed by atoms with Crippen molar-refractivity contribution in [2.24, 2.45) is 0 Å². The minimum atomic E-state index is -0.817. The summed E-state index contributed by atoms with van der Waals surface area (Å²) in [6.07, 6.45) is 5.92. The van der Waals surface area contributed by atoms with Gasteiger partial charge in [-0.25, -0.2) is 9.78 Å². The highest BCUT2D eigenvalue weighted by molar-refractivity contribution is 7.17. The summed E-state index contributed by atoms with van der Waals surface area (Å²) in [4.78, 5) is 29.9. The molecule has 0 aliphatic heterocycles. The van der Waals surface area contributed by atoms with Gasteiger partial charge in [0.05, 0.1) is 5.69 Å². The fourth-order valence-corrected chi connectivity index (χ4v) is 4.25. The largest absolute Gasteiger partial charge is 0.448 e. The van der Waals surface area contributed by atoms with Crippen LogP contribution in [0, 0.1) is 6.92 Å². The second-order valence-electron chi connectivity index (χ2n) is 7.04. The first-order valence-corrected chi connectivity index (χ1v) is 10.4. The van der Waals surface area contributed by atoms with Crippen LogP contribution in [0.2, 0.25) is 0 Å². The molecule has 0 unspecified atom stereocenters. The molecule has 6 heteroatoms. The Morgan fingerprint density at radius 3 is 2.48 bits per heavy atom. The van der Waals surface area contributed by atoms with Crippen LogP contribution in [0.4, 0.5) is 0 Å². The highest BCUT2D eigenvalue weighted by atomic mass is 32.1. The molecule has 5 nitrogen and oxygen atoms in total. The van der Waals surface area contributed by atoms with E-state index >= 15 is 0 Å². The van der Waals surface area contributed by atoms with Crippen LogP contribution in [0.15, 0.2) is 30.3 Å². The molecule has 1 heterocycles. The van der Waals surface area contributed by atoms with Crippen molar-refractivity contribution < 1.29 is 14.3 Å². The summed E-state index contributed by atoms with van der Waals surface area (Å²) < 4.78 is 5.42. The third-order valence-electron chi connectivity index (χ3n) is 4.86. The molecule has 1 aliphatic carbocycles. The van der Waals surface area contributed by atoms with E-state index in [4.69, 9.17) is 4.74 Å². The number of nitrogens with zero attached hydrogens (tertiary/aromatic N) is 1. The molecule has 0 radical (unpaired) electrons. The molecule has 3 rings (SSSR count). The van der Waals surface area contributed by atoms with Gasteiger partial charge in [0.2, 0.25) is 0 Å². The predicted molar refractivity (Wildman–Crippen MR) is 107 cm³/mol. The van der Waals surface area contributed by atoms with Crippen LogP contribution >= 0.6 is 11.3 Å². The lowest BCUT2D eigenvalue weighted by molar-refractivity contribution is -0.129. The molecule has 1 saturated carbocycles. The van der Waals surface area contributed by atoms with Gasteiger partial charge in [-0.05, 0) is 26.7 Å². The lowest BCUT2D eigenvalue weighted by Gasteiger charge is -2.19. The van der Waals surface area contributed by atoms with Crippen molar-refractivity contribution in [1.29, 1.82) is 0 Å². The van der Waals surface area contributed by atoms with E-state index in [0.29, 0.717) is 10.6 Å². The average molecular weight is 387 g/mol. The molecular formula is C21H26N2O3S. The molecule has 1 aromatic carbocycles. The van der Waals surface area contributed by atoms with Gasteiger partial charge in [-0.3, -0.25) is 4.79 Å². The third-order valence-corrected chi connectivity index (χ3v) is 6.04. The molecule has 1 aliphatic rings. The molecule has 2 aromatic rings. The lowest BCUT2D eigenvalue weighted by Crippen LogP contribution is -2.41. The summed E-state index contributed by atoms with van der Waals surface area (Å²) >= 11 is 1.30. The van der Waals surface area contributed by atoms with Gasteiger partial charge in [0.25, 0.3) is 5.91 Å². The number of rotatable bonds is 5. The summed E-state index contributed by atoms with van der Waals surface area (Å²) in [6.45, 7) is 3.41. The van der Waals surface area contributed by atoms with Crippen molar-refractivity contribution in [3.63, 3.8) is 0 Å². The van der Waals surface area contributed by atoms with Crippen molar-refractivity contribution >= 4 is 23.2 Å². The zero-order valence-electron chi connectivity index (χ0n) is 15.9. The number of hydrogen-bond acceptors (Lipinski definition) is 5. The summed E-state index contributed by atoms with van der Waals surface area (Å²) in [5.41, 5.74) is 1.59. The maximum absolute atomic E-state index is 12.5. The maximum atomic E-state index is 12.5. The summed E-state index contributed by atoms with van der Waals surface area (Å²) in [7, 11) is 0. The molecule has 1 aromatic heterocycles. The van der Waals surface area contributed by atoms with Gasteiger partial charge in [0, 0.05) is 11.6 Å². The SMILES string of the molecule is Cc1nc(-c2ccccc2)sc1C(=O)O[C@@H](C)C(=O)NC1CCCCCC1. The van der Waals surface area contributed by atoms with E-state index in [2.05, 4.69) is 10.3 Å². The van der Waals surface area contributed by atoms with Gasteiger partial charge in [-0.1, -0.05) is 56.0 Å². The summed E-state index contributed by atoms with van der Waals surface area (Å²) in [6, 6.07) is 9.91. The normalized spacial score (nSPS) is 16.4. The zero-order valence-corrected chi connectivity index (χ0v) is 16.7. The number of amides is 1. The Hall–Kier alpha value is -2.21. The Balaban J connectivity index is 1.61. The van der Waals surface area contributed by atoms with Gasteiger partial charge in [-0.2, -0.15) is 0 Å². The highest BCUT2D eigenvalue weighted by Crippen LogP contribution is 2.28. The van der Waals surface area contributed by atoms with Crippen molar-refractivity contribution in [2.45, 2.75) is 64.5 Å². The molecule has 1 amide bonds. The molecule has 1 atom stereocenters. The molecule has 0 bridgehead atoms. The number of carbonyl (C=O) groups excluding carboxylic acids is 2. The smallest absolute Gasteiger partial charge is 0.351 e. The molecule has 1 fully saturated rings. The minimum absolute atomic E-state index is 0.191. The van der Waals surface area contributed by atoms with Gasteiger partial charge < -0.3 is 10.1 Å². The van der Waals surface area contributed by atoms with Crippen molar-refractivity contribution in [2.75, 3.05) is 0 Å². The van der Waals surface area contributed by atoms with E-state index in [-0.39, 0.29) is 11.9 Å². The second-order valence-corrected chi connectivity index (χ2v) is 8.04. The number of hydrogen-bond donors (Lipinski definition) is 1. The van der Waals surface area contributed by atoms with Crippen LogP contribution in [0.25, 0.3) is 10.6 Å². The molecule has 0 saturated heterocycles. The topological polar surface area (TPSA) is 68.3 Å². The number of nitrogens with one attached hydrogen (secondary N) is 1. The van der Waals surface area contributed by atoms with E-state index < -0.39 is 12.1 Å². The van der Waals surface area contributed by atoms with Crippen molar-refractivity contribution in [3.05, 3.63) is 40.9 Å². The number of aromatic nitrogens is 1. The Morgan fingerprint density at radius 1 is 1.15 bits per heavy atom. The Bertz CT molecular complexity index is 780. The number of benzene rings is 1. The van der Waals surface area contributed by atoms with E-state index in [9.17, 15) is 9.59 Å². The second kappa shape index (κ2) is 9.13. The van der Waals surface area contributed by atoms with Crippen LogP contribution in [0.1, 0.15) is 60.8 Å². The first-order valence-electron chi connectivity index (χ1n) is 9.59. The average Bonchev–Trinajstić information content (AvgIpc) is 2.88. The fourth-order valence-electron chi connectivity index (χ4n) is 3.30. The van der Waals surface area contributed by atoms with Crippen LogP contribution < -0.4 is 5.32 Å². The van der Waals surface area contributed by atoms with Crippen LogP contribution in [0.5, 0.6) is 0 Å². The summed E-state index contributed by atoms with van der Waals surface area (Å²) in [5, 5.41) is 3.81. The van der Waals surface area contributed by atoms with Crippen LogP contribution in [-0.2, 0) is 9.53 Å². The van der Waals surface area contributed by atoms with Crippen LogP contribution in [-0.4, -0.2) is 29.0 Å². The molecule has 27 heavy (non-hydrogen) atoms. The quantitative estimate of drug-likeness (QED) is 0.607. The molecule has 144 valence electrons. The monoisotopic (exact) mass is 386 g/mol. The van der Waals surface area contributed by atoms with Gasteiger partial charge >= 0.3 is 5.97 Å². The lowest BCUT2D eigenvalue weighted by atomic mass is 10.1. The highest BCUT2D eigenvalue weighted by Gasteiger charge is 2.25. The van der Waals surface area contributed by atoms with E-state index in [1.807, 2.05) is 30.3 Å². The third kappa shape index (κ3) is 5.16. The molecule has 1 N–H and O–H groups in total. The zero-order chi connectivity index (χ0) is 19.2. The predicted octanol–water partition coefficient (Wildman–Crippen LogP) is 4.50. The number of ether oxygens (including phenoxy) is 1. The number of aryl methyl sites for hydroxylation is 1. The number of thiazole rings is 1. The number of carbonyl (C=O) groups is 2. The van der Waals surface area contributed by atoms with Gasteiger partial charge in [0.1, 0.15) is 9.88 Å². The van der Waals surface area contributed by atoms with Gasteiger partial charge in [0.15, 0.2) is 6.10 Å². The maximum Gasteiger partial charge on any atom is 0.351 e. The standard InChI is InChI=1S/C21H26N2O3S/c1-14-18(27-20(22-14)16-10-6-5-7-11-16)21(25)26-15(2)19(24)23-17-12-8-3-4-9-13-17/h5-7,10-11,15,17H,3-4,8-9,12-13H2,1-2H3,(H,23,24)/t15-/m0/s1. The first-order chi connectivity index (χ1) is 13.0. The fraction of sp³-hybridized carbons (Fsp3) is 0.476. The molecule has 0 spiro atoms. The first kappa shape index (κ1) is 19.5. The van der Waals surface area contributed by atoms with E-state index in [1.165, 1.54) is 24.2 Å². The van der Waals surface area contributed by atoms with E-state index in [1.54, 1.807) is 13.8 Å². The molecular weight excluding hydrogens is 360 g/mol.